The number of hydrogen-bond donors (Lipinski definition) is 0. The fourth-order valence-electron chi connectivity index (χ4n) is 2.71. The molecule has 1 saturated carbocycles. The Morgan fingerprint density at radius 2 is 1.75 bits per heavy atom. The molecule has 12 heavy (non-hydrogen) atoms. The molecule has 72 valence electrons. The predicted octanol–water partition coefficient (Wildman–Crippen LogP) is 3.96. The lowest BCUT2D eigenvalue weighted by Gasteiger charge is -2.08. The van der Waals surface area contributed by atoms with Crippen LogP contribution in [0.5, 0.6) is 0 Å². The lowest BCUT2D eigenvalue weighted by atomic mass is 9.98. The molecule has 0 aromatic carbocycles. The van der Waals surface area contributed by atoms with Gasteiger partial charge in [0.05, 0.1) is 0 Å². The molecule has 0 aromatic rings. The van der Waals surface area contributed by atoms with E-state index < -0.39 is 0 Å². The van der Waals surface area contributed by atoms with Crippen molar-refractivity contribution in [2.75, 3.05) is 0 Å². The Bertz CT molecular complexity index is 137. The standard InChI is InChI=1S/C12H24/c1-6-9(4)12-10(5)11(12)7-8(2)3/h8-12H,6-7H2,1-5H3. The van der Waals surface area contributed by atoms with E-state index in [9.17, 15) is 0 Å². The van der Waals surface area contributed by atoms with E-state index in [0.29, 0.717) is 0 Å². The van der Waals surface area contributed by atoms with Crippen LogP contribution in [0.4, 0.5) is 0 Å². The molecule has 4 unspecified atom stereocenters. The average Bonchev–Trinajstić information content (AvgIpc) is 2.59. The van der Waals surface area contributed by atoms with E-state index in [4.69, 9.17) is 0 Å². The first-order valence-electron chi connectivity index (χ1n) is 5.57. The highest BCUT2D eigenvalue weighted by Crippen LogP contribution is 2.54. The maximum absolute atomic E-state index is 2.43. The van der Waals surface area contributed by atoms with Crippen LogP contribution in [-0.4, -0.2) is 0 Å². The van der Waals surface area contributed by atoms with Crippen LogP contribution in [-0.2, 0) is 0 Å². The van der Waals surface area contributed by atoms with Gasteiger partial charge in [-0.05, 0) is 36.0 Å². The van der Waals surface area contributed by atoms with Gasteiger partial charge in [-0.2, -0.15) is 0 Å². The van der Waals surface area contributed by atoms with Gasteiger partial charge in [0.15, 0.2) is 0 Å². The van der Waals surface area contributed by atoms with Crippen LogP contribution in [0, 0.1) is 29.6 Å². The van der Waals surface area contributed by atoms with Crippen molar-refractivity contribution in [1.82, 2.24) is 0 Å². The van der Waals surface area contributed by atoms with Gasteiger partial charge < -0.3 is 0 Å². The van der Waals surface area contributed by atoms with Gasteiger partial charge in [0.2, 0.25) is 0 Å². The molecule has 0 bridgehead atoms. The zero-order valence-electron chi connectivity index (χ0n) is 9.30. The molecule has 1 aliphatic rings. The molecule has 0 radical (unpaired) electrons. The molecule has 0 heteroatoms. The first kappa shape index (κ1) is 10.1. The van der Waals surface area contributed by atoms with Gasteiger partial charge in [-0.3, -0.25) is 0 Å². The maximum Gasteiger partial charge on any atom is -0.0329 e. The summed E-state index contributed by atoms with van der Waals surface area (Å²) < 4.78 is 0. The second-order valence-electron chi connectivity index (χ2n) is 5.12. The summed E-state index contributed by atoms with van der Waals surface area (Å²) in [6, 6.07) is 0. The molecule has 0 aromatic heterocycles. The van der Waals surface area contributed by atoms with Crippen molar-refractivity contribution >= 4 is 0 Å². The molecule has 0 heterocycles. The first-order valence-corrected chi connectivity index (χ1v) is 5.57. The summed E-state index contributed by atoms with van der Waals surface area (Å²) >= 11 is 0. The molecular weight excluding hydrogens is 144 g/mol. The number of rotatable bonds is 4. The van der Waals surface area contributed by atoms with Crippen molar-refractivity contribution in [3.8, 4) is 0 Å². The van der Waals surface area contributed by atoms with Crippen LogP contribution in [0.25, 0.3) is 0 Å². The SMILES string of the molecule is CCC(C)C1C(C)C1CC(C)C. The van der Waals surface area contributed by atoms with Crippen molar-refractivity contribution in [3.05, 3.63) is 0 Å². The van der Waals surface area contributed by atoms with Crippen LogP contribution in [0.2, 0.25) is 0 Å². The number of hydrogen-bond acceptors (Lipinski definition) is 0. The zero-order valence-corrected chi connectivity index (χ0v) is 9.30. The Morgan fingerprint density at radius 1 is 1.17 bits per heavy atom. The second kappa shape index (κ2) is 3.81. The van der Waals surface area contributed by atoms with E-state index in [1.54, 1.807) is 0 Å². The van der Waals surface area contributed by atoms with Gasteiger partial charge in [-0.1, -0.05) is 41.0 Å². The third-order valence-electron chi connectivity index (χ3n) is 3.68. The van der Waals surface area contributed by atoms with E-state index in [1.807, 2.05) is 0 Å². The van der Waals surface area contributed by atoms with Crippen molar-refractivity contribution in [2.45, 2.75) is 47.5 Å². The van der Waals surface area contributed by atoms with Gasteiger partial charge in [0.1, 0.15) is 0 Å². The Morgan fingerprint density at radius 3 is 2.17 bits per heavy atom. The molecule has 0 spiro atoms. The van der Waals surface area contributed by atoms with E-state index in [0.717, 1.165) is 29.6 Å². The van der Waals surface area contributed by atoms with Crippen LogP contribution in [0.1, 0.15) is 47.5 Å². The molecule has 0 aliphatic heterocycles. The van der Waals surface area contributed by atoms with Crippen molar-refractivity contribution in [3.63, 3.8) is 0 Å². The predicted molar refractivity (Wildman–Crippen MR) is 55.1 cm³/mol. The topological polar surface area (TPSA) is 0 Å². The largest absolute Gasteiger partial charge is 0.0651 e. The van der Waals surface area contributed by atoms with Crippen molar-refractivity contribution in [2.24, 2.45) is 29.6 Å². The molecule has 0 saturated heterocycles. The fraction of sp³-hybridized carbons (Fsp3) is 1.00. The van der Waals surface area contributed by atoms with Gasteiger partial charge >= 0.3 is 0 Å². The summed E-state index contributed by atoms with van der Waals surface area (Å²) in [6.45, 7) is 11.9. The summed E-state index contributed by atoms with van der Waals surface area (Å²) in [5.74, 6) is 4.98. The molecule has 0 amide bonds. The van der Waals surface area contributed by atoms with Crippen molar-refractivity contribution < 1.29 is 0 Å². The zero-order chi connectivity index (χ0) is 9.30. The summed E-state index contributed by atoms with van der Waals surface area (Å²) in [6.07, 6.45) is 2.82. The second-order valence-corrected chi connectivity index (χ2v) is 5.12. The van der Waals surface area contributed by atoms with Crippen LogP contribution in [0.15, 0.2) is 0 Å². The molecule has 1 rings (SSSR count). The van der Waals surface area contributed by atoms with E-state index in [1.165, 1.54) is 12.8 Å². The van der Waals surface area contributed by atoms with Gasteiger partial charge in [0.25, 0.3) is 0 Å². The summed E-state index contributed by atoms with van der Waals surface area (Å²) in [5, 5.41) is 0. The van der Waals surface area contributed by atoms with Gasteiger partial charge in [-0.25, -0.2) is 0 Å². The smallest absolute Gasteiger partial charge is 0.0329 e. The van der Waals surface area contributed by atoms with Crippen molar-refractivity contribution in [1.29, 1.82) is 0 Å². The monoisotopic (exact) mass is 168 g/mol. The average molecular weight is 168 g/mol. The van der Waals surface area contributed by atoms with E-state index >= 15 is 0 Å². The highest BCUT2D eigenvalue weighted by atomic mass is 14.5. The summed E-state index contributed by atoms with van der Waals surface area (Å²) in [5.41, 5.74) is 0. The third kappa shape index (κ3) is 2.02. The minimum absolute atomic E-state index is 0.895. The highest BCUT2D eigenvalue weighted by Gasteiger charge is 2.48. The highest BCUT2D eigenvalue weighted by molar-refractivity contribution is 4.96. The van der Waals surface area contributed by atoms with Crippen LogP contribution < -0.4 is 0 Å². The molecule has 0 nitrogen and oxygen atoms in total. The lowest BCUT2D eigenvalue weighted by molar-refractivity contribution is 0.423. The third-order valence-corrected chi connectivity index (χ3v) is 3.68. The Balaban J connectivity index is 2.32. The summed E-state index contributed by atoms with van der Waals surface area (Å²) in [4.78, 5) is 0. The van der Waals surface area contributed by atoms with Crippen LogP contribution >= 0.6 is 0 Å². The Kier molecular flexibility index (Phi) is 3.20. The molecule has 1 aliphatic carbocycles. The normalized spacial score (nSPS) is 37.0. The van der Waals surface area contributed by atoms with Gasteiger partial charge in [-0.15, -0.1) is 0 Å². The maximum atomic E-state index is 2.43. The quantitative estimate of drug-likeness (QED) is 0.596. The summed E-state index contributed by atoms with van der Waals surface area (Å²) in [7, 11) is 0. The van der Waals surface area contributed by atoms with Gasteiger partial charge in [0, 0.05) is 0 Å². The van der Waals surface area contributed by atoms with E-state index in [2.05, 4.69) is 34.6 Å². The van der Waals surface area contributed by atoms with Crippen LogP contribution in [0.3, 0.4) is 0 Å². The Labute approximate surface area is 77.7 Å². The molecule has 1 fully saturated rings. The first-order chi connectivity index (χ1) is 5.57. The fourth-order valence-corrected chi connectivity index (χ4v) is 2.71. The molecular formula is C12H24. The Hall–Kier alpha value is 0. The van der Waals surface area contributed by atoms with E-state index in [-0.39, 0.29) is 0 Å². The molecule has 4 atom stereocenters. The minimum atomic E-state index is 0.895. The molecule has 0 N–H and O–H groups in total. The lowest BCUT2D eigenvalue weighted by Crippen LogP contribution is -1.99. The minimum Gasteiger partial charge on any atom is -0.0651 e.